The van der Waals surface area contributed by atoms with E-state index < -0.39 is 0 Å². The molecule has 1 aliphatic rings. The molecule has 2 rings (SSSR count). The standard InChI is InChI=1S/C18H28N2O2/c1-14-6-4-5-7-17(14)19-18(21)13-20(2)12-15-8-10-16(22-3)11-9-15/h8-11,14,17H,4-7,12-13H2,1-3H3,(H,19,21)/t14-,17+/m1/s1. The summed E-state index contributed by atoms with van der Waals surface area (Å²) in [5.74, 6) is 1.59. The lowest BCUT2D eigenvalue weighted by Crippen LogP contribution is -2.44. The molecule has 0 heterocycles. The second-order valence-corrected chi connectivity index (χ2v) is 6.46. The van der Waals surface area contributed by atoms with E-state index in [2.05, 4.69) is 12.2 Å². The second kappa shape index (κ2) is 8.18. The maximum absolute atomic E-state index is 12.2. The number of methoxy groups -OCH3 is 1. The number of amides is 1. The van der Waals surface area contributed by atoms with Gasteiger partial charge in [0.05, 0.1) is 13.7 Å². The molecule has 0 radical (unpaired) electrons. The fraction of sp³-hybridized carbons (Fsp3) is 0.611. The van der Waals surface area contributed by atoms with Gasteiger partial charge in [0.2, 0.25) is 5.91 Å². The van der Waals surface area contributed by atoms with Crippen molar-refractivity contribution in [2.45, 2.75) is 45.2 Å². The maximum atomic E-state index is 12.2. The molecule has 1 aromatic rings. The minimum atomic E-state index is 0.134. The Morgan fingerprint density at radius 1 is 1.27 bits per heavy atom. The summed E-state index contributed by atoms with van der Waals surface area (Å²) in [6.07, 6.45) is 4.88. The number of ether oxygens (including phenoxy) is 1. The van der Waals surface area contributed by atoms with Crippen molar-refractivity contribution in [1.29, 1.82) is 0 Å². The van der Waals surface area contributed by atoms with Gasteiger partial charge in [-0.2, -0.15) is 0 Å². The Hall–Kier alpha value is -1.55. The number of benzene rings is 1. The Balaban J connectivity index is 1.77. The highest BCUT2D eigenvalue weighted by Gasteiger charge is 2.22. The average molecular weight is 304 g/mol. The number of hydrogen-bond donors (Lipinski definition) is 1. The van der Waals surface area contributed by atoms with Crippen LogP contribution in [-0.4, -0.2) is 37.6 Å². The van der Waals surface area contributed by atoms with Crippen LogP contribution in [0.4, 0.5) is 0 Å². The Labute approximate surface area is 133 Å². The van der Waals surface area contributed by atoms with Crippen LogP contribution in [0.5, 0.6) is 5.75 Å². The van der Waals surface area contributed by atoms with Crippen LogP contribution in [0.15, 0.2) is 24.3 Å². The lowest BCUT2D eigenvalue weighted by molar-refractivity contribution is -0.123. The third-order valence-electron chi connectivity index (χ3n) is 4.48. The predicted octanol–water partition coefficient (Wildman–Crippen LogP) is 2.82. The van der Waals surface area contributed by atoms with Gasteiger partial charge in [-0.1, -0.05) is 31.9 Å². The molecule has 1 amide bonds. The fourth-order valence-electron chi connectivity index (χ4n) is 3.13. The van der Waals surface area contributed by atoms with Crippen LogP contribution >= 0.6 is 0 Å². The van der Waals surface area contributed by atoms with Gasteiger partial charge in [-0.25, -0.2) is 0 Å². The summed E-state index contributed by atoms with van der Waals surface area (Å²) in [5, 5.41) is 3.20. The zero-order chi connectivity index (χ0) is 15.9. The number of rotatable bonds is 6. The summed E-state index contributed by atoms with van der Waals surface area (Å²) in [5.41, 5.74) is 1.18. The van der Waals surface area contributed by atoms with Crippen molar-refractivity contribution < 1.29 is 9.53 Å². The molecule has 122 valence electrons. The molecule has 0 unspecified atom stereocenters. The Morgan fingerprint density at radius 3 is 2.59 bits per heavy atom. The molecule has 0 aromatic heterocycles. The van der Waals surface area contributed by atoms with Gasteiger partial charge in [0.15, 0.2) is 0 Å². The lowest BCUT2D eigenvalue weighted by Gasteiger charge is -2.30. The van der Waals surface area contributed by atoms with Crippen molar-refractivity contribution in [1.82, 2.24) is 10.2 Å². The Kier molecular flexibility index (Phi) is 6.25. The summed E-state index contributed by atoms with van der Waals surface area (Å²) in [7, 11) is 3.64. The molecule has 0 aliphatic heterocycles. The Morgan fingerprint density at radius 2 is 1.95 bits per heavy atom. The highest BCUT2D eigenvalue weighted by Crippen LogP contribution is 2.23. The molecule has 2 atom stereocenters. The topological polar surface area (TPSA) is 41.6 Å². The first-order valence-corrected chi connectivity index (χ1v) is 8.19. The molecule has 1 N–H and O–H groups in total. The van der Waals surface area contributed by atoms with Crippen LogP contribution in [0.25, 0.3) is 0 Å². The monoisotopic (exact) mass is 304 g/mol. The highest BCUT2D eigenvalue weighted by molar-refractivity contribution is 5.78. The van der Waals surface area contributed by atoms with E-state index in [-0.39, 0.29) is 5.91 Å². The average Bonchev–Trinajstić information content (AvgIpc) is 2.50. The van der Waals surface area contributed by atoms with Gasteiger partial charge in [-0.3, -0.25) is 9.69 Å². The van der Waals surface area contributed by atoms with Gasteiger partial charge in [0.25, 0.3) is 0 Å². The normalized spacial score (nSPS) is 21.6. The van der Waals surface area contributed by atoms with Crippen LogP contribution in [0, 0.1) is 5.92 Å². The number of carbonyl (C=O) groups excluding carboxylic acids is 1. The number of carbonyl (C=O) groups is 1. The summed E-state index contributed by atoms with van der Waals surface area (Å²) in [6, 6.07) is 8.34. The van der Waals surface area contributed by atoms with Crippen molar-refractivity contribution in [2.75, 3.05) is 20.7 Å². The number of nitrogens with zero attached hydrogens (tertiary/aromatic N) is 1. The van der Waals surface area contributed by atoms with Crippen molar-refractivity contribution in [3.8, 4) is 5.75 Å². The van der Waals surface area contributed by atoms with Crippen LogP contribution in [0.3, 0.4) is 0 Å². The van der Waals surface area contributed by atoms with Gasteiger partial charge >= 0.3 is 0 Å². The molecule has 4 heteroatoms. The van der Waals surface area contributed by atoms with Crippen molar-refractivity contribution in [3.63, 3.8) is 0 Å². The van der Waals surface area contributed by atoms with Crippen molar-refractivity contribution in [3.05, 3.63) is 29.8 Å². The van der Waals surface area contributed by atoms with Gasteiger partial charge in [0.1, 0.15) is 5.75 Å². The molecular weight excluding hydrogens is 276 g/mol. The third-order valence-corrected chi connectivity index (χ3v) is 4.48. The summed E-state index contributed by atoms with van der Waals surface area (Å²) in [6.45, 7) is 3.44. The molecule has 1 saturated carbocycles. The van der Waals surface area contributed by atoms with Crippen LogP contribution in [0.2, 0.25) is 0 Å². The van der Waals surface area contributed by atoms with Gasteiger partial charge < -0.3 is 10.1 Å². The molecule has 0 spiro atoms. The number of nitrogens with one attached hydrogen (secondary N) is 1. The smallest absolute Gasteiger partial charge is 0.234 e. The predicted molar refractivity (Wildman–Crippen MR) is 88.9 cm³/mol. The fourth-order valence-corrected chi connectivity index (χ4v) is 3.13. The zero-order valence-electron chi connectivity index (χ0n) is 14.0. The molecule has 22 heavy (non-hydrogen) atoms. The van der Waals surface area contributed by atoms with E-state index >= 15 is 0 Å². The molecule has 0 saturated heterocycles. The number of hydrogen-bond acceptors (Lipinski definition) is 3. The van der Waals surface area contributed by atoms with E-state index in [0.29, 0.717) is 18.5 Å². The summed E-state index contributed by atoms with van der Waals surface area (Å²) < 4.78 is 5.16. The van der Waals surface area contributed by atoms with E-state index in [9.17, 15) is 4.79 Å². The van der Waals surface area contributed by atoms with E-state index in [1.807, 2.05) is 36.2 Å². The van der Waals surface area contributed by atoms with E-state index in [1.54, 1.807) is 7.11 Å². The van der Waals surface area contributed by atoms with Crippen molar-refractivity contribution in [2.24, 2.45) is 5.92 Å². The highest BCUT2D eigenvalue weighted by atomic mass is 16.5. The van der Waals surface area contributed by atoms with Crippen molar-refractivity contribution >= 4 is 5.91 Å². The zero-order valence-corrected chi connectivity index (χ0v) is 14.0. The second-order valence-electron chi connectivity index (χ2n) is 6.46. The summed E-state index contributed by atoms with van der Waals surface area (Å²) >= 11 is 0. The SMILES string of the molecule is COc1ccc(CN(C)CC(=O)N[C@H]2CCCC[C@H]2C)cc1. The first-order valence-electron chi connectivity index (χ1n) is 8.19. The van der Waals surface area contributed by atoms with Crippen LogP contribution < -0.4 is 10.1 Å². The van der Waals surface area contributed by atoms with E-state index in [0.717, 1.165) is 18.7 Å². The quantitative estimate of drug-likeness (QED) is 0.878. The molecule has 1 aromatic carbocycles. The minimum absolute atomic E-state index is 0.134. The molecule has 1 aliphatic carbocycles. The maximum Gasteiger partial charge on any atom is 0.234 e. The largest absolute Gasteiger partial charge is 0.497 e. The van der Waals surface area contributed by atoms with E-state index in [4.69, 9.17) is 4.74 Å². The molecule has 4 nitrogen and oxygen atoms in total. The third kappa shape index (κ3) is 5.02. The number of likely N-dealkylation sites (N-methyl/N-ethyl adjacent to an activating group) is 1. The first-order chi connectivity index (χ1) is 10.6. The van der Waals surface area contributed by atoms with E-state index in [1.165, 1.54) is 24.8 Å². The van der Waals surface area contributed by atoms with Crippen LogP contribution in [-0.2, 0) is 11.3 Å². The first kappa shape index (κ1) is 16.8. The van der Waals surface area contributed by atoms with Crippen LogP contribution in [0.1, 0.15) is 38.2 Å². The lowest BCUT2D eigenvalue weighted by atomic mass is 9.86. The molecule has 0 bridgehead atoms. The molecule has 1 fully saturated rings. The van der Waals surface area contributed by atoms with Gasteiger partial charge in [-0.15, -0.1) is 0 Å². The molecular formula is C18H28N2O2. The van der Waals surface area contributed by atoms with Gasteiger partial charge in [-0.05, 0) is 43.5 Å². The minimum Gasteiger partial charge on any atom is -0.497 e. The van der Waals surface area contributed by atoms with Gasteiger partial charge in [0, 0.05) is 12.6 Å². The summed E-state index contributed by atoms with van der Waals surface area (Å²) in [4.78, 5) is 14.2. The Bertz CT molecular complexity index is 472.